The number of aromatic nitrogens is 2. The third-order valence-electron chi connectivity index (χ3n) is 5.10. The first-order valence-electron chi connectivity index (χ1n) is 9.56. The van der Waals surface area contributed by atoms with Gasteiger partial charge in [-0.3, -0.25) is 0 Å². The third-order valence-corrected chi connectivity index (χ3v) is 5.10. The Labute approximate surface area is 170 Å². The highest BCUT2D eigenvalue weighted by atomic mass is 19.4. The fourth-order valence-corrected chi connectivity index (χ4v) is 3.55. The van der Waals surface area contributed by atoms with Crippen molar-refractivity contribution in [2.45, 2.75) is 32.2 Å². The summed E-state index contributed by atoms with van der Waals surface area (Å²) in [6, 6.07) is 11.0. The number of halogens is 4. The lowest BCUT2D eigenvalue weighted by Crippen LogP contribution is -2.24. The first-order chi connectivity index (χ1) is 14.3. The maximum absolute atomic E-state index is 14.5. The Bertz CT molecular complexity index is 1060. The lowest BCUT2D eigenvalue weighted by atomic mass is 10.00. The Morgan fingerprint density at radius 3 is 2.73 bits per heavy atom. The van der Waals surface area contributed by atoms with Crippen LogP contribution in [0, 0.1) is 5.82 Å². The molecule has 3 aromatic rings. The summed E-state index contributed by atoms with van der Waals surface area (Å²) in [5.41, 5.74) is 8.31. The van der Waals surface area contributed by atoms with E-state index in [0.717, 1.165) is 35.7 Å². The zero-order valence-electron chi connectivity index (χ0n) is 16.1. The van der Waals surface area contributed by atoms with E-state index in [2.05, 4.69) is 15.7 Å². The number of fused-ring (bicyclic) bond motifs is 1. The maximum atomic E-state index is 14.5. The monoisotopic (exact) mass is 419 g/mol. The van der Waals surface area contributed by atoms with Gasteiger partial charge in [0.2, 0.25) is 0 Å². The zero-order chi connectivity index (χ0) is 21.3. The second-order valence-corrected chi connectivity index (χ2v) is 7.19. The van der Waals surface area contributed by atoms with Gasteiger partial charge < -0.3 is 16.4 Å². The van der Waals surface area contributed by atoms with Gasteiger partial charge in [-0.25, -0.2) is 9.07 Å². The molecular formula is C21H21F4N5. The van der Waals surface area contributed by atoms with Crippen LogP contribution in [0.5, 0.6) is 0 Å². The molecule has 2 heterocycles. The van der Waals surface area contributed by atoms with Gasteiger partial charge in [-0.05, 0) is 60.0 Å². The Hall–Kier alpha value is -2.91. The number of nitrogens with one attached hydrogen (secondary N) is 2. The van der Waals surface area contributed by atoms with Crippen LogP contribution in [0.2, 0.25) is 0 Å². The van der Waals surface area contributed by atoms with Crippen molar-refractivity contribution >= 4 is 5.69 Å². The molecule has 9 heteroatoms. The molecule has 0 spiro atoms. The largest absolute Gasteiger partial charge is 0.435 e. The van der Waals surface area contributed by atoms with Crippen LogP contribution in [0.1, 0.15) is 28.1 Å². The molecule has 1 aliphatic rings. The molecule has 158 valence electrons. The van der Waals surface area contributed by atoms with Crippen molar-refractivity contribution in [2.75, 3.05) is 11.9 Å². The molecule has 0 fully saturated rings. The van der Waals surface area contributed by atoms with Gasteiger partial charge in [0.25, 0.3) is 0 Å². The average molecular weight is 419 g/mol. The van der Waals surface area contributed by atoms with Gasteiger partial charge in [0.1, 0.15) is 5.82 Å². The molecule has 0 unspecified atom stereocenters. The van der Waals surface area contributed by atoms with E-state index in [1.54, 1.807) is 30.3 Å². The molecule has 0 bridgehead atoms. The molecule has 0 aliphatic carbocycles. The normalized spacial score (nSPS) is 13.9. The first-order valence-corrected chi connectivity index (χ1v) is 9.56. The van der Waals surface area contributed by atoms with E-state index in [1.165, 1.54) is 10.7 Å². The Kier molecular flexibility index (Phi) is 5.48. The van der Waals surface area contributed by atoms with Gasteiger partial charge in [-0.2, -0.15) is 18.3 Å². The lowest BCUT2D eigenvalue weighted by Gasteiger charge is -2.19. The third kappa shape index (κ3) is 4.17. The van der Waals surface area contributed by atoms with Crippen LogP contribution < -0.4 is 16.4 Å². The van der Waals surface area contributed by atoms with E-state index in [-0.39, 0.29) is 24.5 Å². The number of anilines is 1. The lowest BCUT2D eigenvalue weighted by molar-refractivity contribution is -0.141. The number of nitrogens with two attached hydrogens (primary N) is 1. The number of benzene rings is 2. The van der Waals surface area contributed by atoms with Crippen LogP contribution in [0.25, 0.3) is 5.69 Å². The molecule has 4 N–H and O–H groups in total. The number of hydrogen-bond donors (Lipinski definition) is 3. The number of nitrogens with zero attached hydrogens (tertiary/aromatic N) is 2. The summed E-state index contributed by atoms with van der Waals surface area (Å²) in [5, 5.41) is 9.86. The van der Waals surface area contributed by atoms with Gasteiger partial charge in [-0.1, -0.05) is 12.1 Å². The molecule has 1 aliphatic heterocycles. The van der Waals surface area contributed by atoms with Crippen molar-refractivity contribution in [1.82, 2.24) is 15.1 Å². The molecule has 0 saturated carbocycles. The highest BCUT2D eigenvalue weighted by Crippen LogP contribution is 2.30. The minimum Gasteiger partial charge on any atom is -0.377 e. The van der Waals surface area contributed by atoms with E-state index >= 15 is 0 Å². The van der Waals surface area contributed by atoms with Crippen LogP contribution in [0.4, 0.5) is 23.2 Å². The van der Waals surface area contributed by atoms with Crippen molar-refractivity contribution in [3.63, 3.8) is 0 Å². The van der Waals surface area contributed by atoms with E-state index in [4.69, 9.17) is 5.73 Å². The summed E-state index contributed by atoms with van der Waals surface area (Å²) in [6.45, 7) is 1.64. The molecule has 1 aromatic heterocycles. The predicted octanol–water partition coefficient (Wildman–Crippen LogP) is 3.75. The summed E-state index contributed by atoms with van der Waals surface area (Å²) in [6.07, 6.45) is -3.82. The van der Waals surface area contributed by atoms with Crippen LogP contribution in [0.3, 0.4) is 0 Å². The maximum Gasteiger partial charge on any atom is 0.435 e. The molecule has 0 saturated heterocycles. The number of alkyl halides is 3. The van der Waals surface area contributed by atoms with Crippen molar-refractivity contribution in [3.05, 3.63) is 76.4 Å². The second kappa shape index (κ2) is 8.08. The standard InChI is InChI=1S/C21H21F4N5/c22-18-7-15-11-27-5-4-14(15)8-19(18)28-12-17-9-20(21(23,24)25)29-30(17)16-3-1-2-13(6-16)10-26/h1-3,6-9,27-28H,4-5,10-12,26H2. The number of rotatable bonds is 5. The summed E-state index contributed by atoms with van der Waals surface area (Å²) >= 11 is 0. The minimum atomic E-state index is -4.59. The smallest absolute Gasteiger partial charge is 0.377 e. The van der Waals surface area contributed by atoms with E-state index in [0.29, 0.717) is 12.2 Å². The van der Waals surface area contributed by atoms with Crippen molar-refractivity contribution < 1.29 is 17.6 Å². The van der Waals surface area contributed by atoms with Gasteiger partial charge in [0, 0.05) is 13.1 Å². The summed E-state index contributed by atoms with van der Waals surface area (Å²) in [7, 11) is 0. The van der Waals surface area contributed by atoms with Crippen LogP contribution in [-0.4, -0.2) is 16.3 Å². The fraction of sp³-hybridized carbons (Fsp3) is 0.286. The molecule has 2 aromatic carbocycles. The quantitative estimate of drug-likeness (QED) is 0.551. The Morgan fingerprint density at radius 1 is 1.13 bits per heavy atom. The van der Waals surface area contributed by atoms with Crippen molar-refractivity contribution in [3.8, 4) is 5.69 Å². The average Bonchev–Trinajstić information content (AvgIpc) is 3.17. The Morgan fingerprint density at radius 2 is 1.97 bits per heavy atom. The second-order valence-electron chi connectivity index (χ2n) is 7.19. The summed E-state index contributed by atoms with van der Waals surface area (Å²) in [5.74, 6) is -0.440. The first kappa shape index (κ1) is 20.4. The fourth-order valence-electron chi connectivity index (χ4n) is 3.55. The molecular weight excluding hydrogens is 398 g/mol. The topological polar surface area (TPSA) is 67.9 Å². The van der Waals surface area contributed by atoms with Gasteiger partial charge in [0.05, 0.1) is 23.6 Å². The molecule has 0 atom stereocenters. The van der Waals surface area contributed by atoms with E-state index in [1.807, 2.05) is 0 Å². The summed E-state index contributed by atoms with van der Waals surface area (Å²) < 4.78 is 55.5. The van der Waals surface area contributed by atoms with Gasteiger partial charge in [-0.15, -0.1) is 0 Å². The van der Waals surface area contributed by atoms with Crippen LogP contribution in [-0.2, 0) is 32.2 Å². The summed E-state index contributed by atoms with van der Waals surface area (Å²) in [4.78, 5) is 0. The molecule has 0 radical (unpaired) electrons. The van der Waals surface area contributed by atoms with Gasteiger partial charge >= 0.3 is 6.18 Å². The van der Waals surface area contributed by atoms with E-state index in [9.17, 15) is 17.6 Å². The predicted molar refractivity (Wildman–Crippen MR) is 106 cm³/mol. The van der Waals surface area contributed by atoms with Crippen molar-refractivity contribution in [2.24, 2.45) is 5.73 Å². The van der Waals surface area contributed by atoms with Gasteiger partial charge in [0.15, 0.2) is 5.69 Å². The molecule has 4 rings (SSSR count). The van der Waals surface area contributed by atoms with Crippen LogP contribution in [0.15, 0.2) is 42.5 Å². The molecule has 0 amide bonds. The molecule has 5 nitrogen and oxygen atoms in total. The Balaban J connectivity index is 1.66. The highest BCUT2D eigenvalue weighted by Gasteiger charge is 2.35. The van der Waals surface area contributed by atoms with Crippen molar-refractivity contribution in [1.29, 1.82) is 0 Å². The SMILES string of the molecule is NCc1cccc(-n2nc(C(F)(F)F)cc2CNc2cc3c(cc2F)CNCC3)c1. The highest BCUT2D eigenvalue weighted by molar-refractivity contribution is 5.51. The zero-order valence-corrected chi connectivity index (χ0v) is 16.1. The van der Waals surface area contributed by atoms with E-state index < -0.39 is 17.7 Å². The minimum absolute atomic E-state index is 0.0239. The molecule has 30 heavy (non-hydrogen) atoms. The number of hydrogen-bond acceptors (Lipinski definition) is 4. The van der Waals surface area contributed by atoms with Crippen LogP contribution >= 0.6 is 0 Å².